The van der Waals surface area contributed by atoms with Gasteiger partial charge in [-0.15, -0.1) is 0 Å². The molecule has 4 saturated heterocycles. The highest BCUT2D eigenvalue weighted by Gasteiger charge is 2.88. The van der Waals surface area contributed by atoms with E-state index in [1.54, 1.807) is 9.80 Å². The summed E-state index contributed by atoms with van der Waals surface area (Å²) in [6.45, 7) is 4.79. The number of carbonyl (C=O) groups excluding carboxylic acids is 4. The summed E-state index contributed by atoms with van der Waals surface area (Å²) >= 11 is 0. The average Bonchev–Trinajstić information content (AvgIpc) is 3.70. The fourth-order valence-corrected chi connectivity index (χ4v) is 14.2. The number of rotatable bonds is 2. The van der Waals surface area contributed by atoms with Crippen molar-refractivity contribution in [1.29, 1.82) is 0 Å². The number of hydrogen-bond acceptors (Lipinski definition) is 6. The van der Waals surface area contributed by atoms with Gasteiger partial charge in [0.05, 0.1) is 12.2 Å². The normalized spacial score (nSPS) is 62.3. The second-order valence-corrected chi connectivity index (χ2v) is 15.0. The summed E-state index contributed by atoms with van der Waals surface area (Å²) in [5.74, 6) is 4.27. The molecule has 0 radical (unpaired) electrons. The van der Waals surface area contributed by atoms with Crippen LogP contribution in [0, 0.1) is 70.0 Å². The van der Waals surface area contributed by atoms with E-state index in [4.69, 9.17) is 9.47 Å². The van der Waals surface area contributed by atoms with E-state index in [9.17, 15) is 19.2 Å². The molecule has 10 aliphatic rings. The van der Waals surface area contributed by atoms with Crippen LogP contribution in [0.15, 0.2) is 0 Å². The first kappa shape index (κ1) is 22.0. The summed E-state index contributed by atoms with van der Waals surface area (Å²) in [6, 6.07) is 0. The van der Waals surface area contributed by atoms with Crippen LogP contribution in [0.25, 0.3) is 0 Å². The summed E-state index contributed by atoms with van der Waals surface area (Å²) in [5, 5.41) is 0. The molecule has 0 bridgehead atoms. The van der Waals surface area contributed by atoms with Gasteiger partial charge in [-0.3, -0.25) is 29.0 Å². The van der Waals surface area contributed by atoms with Crippen LogP contribution in [0.4, 0.5) is 0 Å². The summed E-state index contributed by atoms with van der Waals surface area (Å²) in [4.78, 5) is 55.7. The molecule has 38 heavy (non-hydrogen) atoms. The molecule has 10 fully saturated rings. The molecule has 4 heterocycles. The van der Waals surface area contributed by atoms with Gasteiger partial charge >= 0.3 is 0 Å². The van der Waals surface area contributed by atoms with Crippen LogP contribution in [0.2, 0.25) is 0 Å². The van der Waals surface area contributed by atoms with Gasteiger partial charge in [0.25, 0.3) is 0 Å². The Labute approximate surface area is 222 Å². The van der Waals surface area contributed by atoms with E-state index in [1.807, 2.05) is 0 Å². The van der Waals surface area contributed by atoms with Crippen molar-refractivity contribution >= 4 is 23.6 Å². The molecule has 4 amide bonds. The van der Waals surface area contributed by atoms with Gasteiger partial charge in [-0.2, -0.15) is 0 Å². The minimum absolute atomic E-state index is 0.0557. The fraction of sp³-hybridized carbons (Fsp3) is 0.867. The van der Waals surface area contributed by atoms with Gasteiger partial charge in [-0.1, -0.05) is 13.8 Å². The minimum atomic E-state index is -0.451. The molecule has 0 aromatic carbocycles. The Balaban J connectivity index is 1.19. The Morgan fingerprint density at radius 2 is 0.921 bits per heavy atom. The van der Waals surface area contributed by atoms with Crippen molar-refractivity contribution < 1.29 is 28.7 Å². The molecule has 0 spiro atoms. The van der Waals surface area contributed by atoms with Gasteiger partial charge < -0.3 is 9.47 Å². The standard InChI is InChI=1S/C30H36N2O6/c1-29-23-11-3-5-14-20(11)26-21(23)22-24(30(26,2)28(38-14)32-17(35)9-10-18(32)36)12-4-6-13(19(12)25(22)29)37-27(29)31-15(33)7-8-16(31)34/h11-14,19-28H,3-10H2,1-2H3/t11?,12?,13?,14?,19?,20?,21?,22?,23?,24?,25?,26?,27-,28-,29-,30-/m0/s1. The maximum Gasteiger partial charge on any atom is 0.231 e. The fourth-order valence-electron chi connectivity index (χ4n) is 14.2. The zero-order chi connectivity index (χ0) is 25.6. The van der Waals surface area contributed by atoms with Crippen molar-refractivity contribution in [3.8, 4) is 0 Å². The molecule has 8 nitrogen and oxygen atoms in total. The lowest BCUT2D eigenvalue weighted by Gasteiger charge is -2.55. The van der Waals surface area contributed by atoms with E-state index in [1.165, 1.54) is 0 Å². The molecule has 0 N–H and O–H groups in total. The molecule has 16 atom stereocenters. The number of likely N-dealkylation sites (tertiary alicyclic amines) is 2. The predicted molar refractivity (Wildman–Crippen MR) is 129 cm³/mol. The summed E-state index contributed by atoms with van der Waals surface area (Å²) in [6.07, 6.45) is 4.59. The number of imide groups is 2. The monoisotopic (exact) mass is 520 g/mol. The number of hydrogen-bond donors (Lipinski definition) is 0. The zero-order valence-electron chi connectivity index (χ0n) is 22.1. The van der Waals surface area contributed by atoms with Crippen molar-refractivity contribution in [1.82, 2.24) is 9.80 Å². The smallest absolute Gasteiger partial charge is 0.231 e. The van der Waals surface area contributed by atoms with Crippen LogP contribution >= 0.6 is 0 Å². The molecule has 12 unspecified atom stereocenters. The van der Waals surface area contributed by atoms with Crippen LogP contribution in [0.1, 0.15) is 65.2 Å². The minimum Gasteiger partial charge on any atom is -0.354 e. The second-order valence-electron chi connectivity index (χ2n) is 15.0. The lowest BCUT2D eigenvalue weighted by Crippen LogP contribution is -2.62. The zero-order valence-corrected chi connectivity index (χ0v) is 22.1. The molecule has 10 rings (SSSR count). The number of amides is 4. The van der Waals surface area contributed by atoms with E-state index >= 15 is 0 Å². The van der Waals surface area contributed by atoms with E-state index in [0.29, 0.717) is 84.9 Å². The van der Waals surface area contributed by atoms with E-state index in [-0.39, 0.29) is 46.7 Å². The van der Waals surface area contributed by atoms with E-state index in [0.717, 1.165) is 25.7 Å². The first-order valence-electron chi connectivity index (χ1n) is 15.3. The molecule has 6 saturated carbocycles. The third-order valence-electron chi connectivity index (χ3n) is 14.5. The molecule has 8 heteroatoms. The Hall–Kier alpha value is -1.80. The molecule has 202 valence electrons. The quantitative estimate of drug-likeness (QED) is 0.520. The topological polar surface area (TPSA) is 93.2 Å². The first-order chi connectivity index (χ1) is 18.3. The van der Waals surface area contributed by atoms with Crippen molar-refractivity contribution in [2.75, 3.05) is 0 Å². The third kappa shape index (κ3) is 1.97. The SMILES string of the molecule is C[C@@]12C3C4CCC5O[C@H](N6C(=O)CCC6=O)[C@@]6(C)C7C8CCC(O[C@@H]1N1C(=O)CCC1=O)C8C2C7C3C6C54. The van der Waals surface area contributed by atoms with Gasteiger partial charge in [0.15, 0.2) is 0 Å². The summed E-state index contributed by atoms with van der Waals surface area (Å²) in [7, 11) is 0. The van der Waals surface area contributed by atoms with Gasteiger partial charge in [-0.05, 0) is 84.9 Å². The number of carbonyl (C=O) groups is 4. The second kappa shape index (κ2) is 6.40. The Kier molecular flexibility index (Phi) is 3.70. The van der Waals surface area contributed by atoms with Crippen LogP contribution in [0.5, 0.6) is 0 Å². The molecular weight excluding hydrogens is 484 g/mol. The predicted octanol–water partition coefficient (Wildman–Crippen LogP) is 2.55. The van der Waals surface area contributed by atoms with Gasteiger partial charge in [0.1, 0.15) is 12.5 Å². The van der Waals surface area contributed by atoms with E-state index < -0.39 is 12.5 Å². The molecule has 0 aromatic rings. The van der Waals surface area contributed by atoms with Crippen LogP contribution in [0.3, 0.4) is 0 Å². The lowest BCUT2D eigenvalue weighted by atomic mass is 9.60. The van der Waals surface area contributed by atoms with Gasteiger partial charge in [0, 0.05) is 36.5 Å². The van der Waals surface area contributed by atoms with E-state index in [2.05, 4.69) is 13.8 Å². The Morgan fingerprint density at radius 3 is 1.29 bits per heavy atom. The highest BCUT2D eigenvalue weighted by atomic mass is 16.5. The lowest BCUT2D eigenvalue weighted by molar-refractivity contribution is -0.241. The molecule has 4 aliphatic heterocycles. The van der Waals surface area contributed by atoms with Crippen LogP contribution < -0.4 is 0 Å². The Bertz CT molecular complexity index is 1120. The highest BCUT2D eigenvalue weighted by Crippen LogP contribution is 2.88. The Morgan fingerprint density at radius 1 is 0.553 bits per heavy atom. The number of fused-ring (bicyclic) bond motifs is 4. The van der Waals surface area contributed by atoms with Gasteiger partial charge in [-0.25, -0.2) is 0 Å². The number of ether oxygens (including phenoxy) is 2. The largest absolute Gasteiger partial charge is 0.354 e. The first-order valence-corrected chi connectivity index (χ1v) is 15.3. The molecule has 6 aliphatic carbocycles. The maximum absolute atomic E-state index is 13.1. The highest BCUT2D eigenvalue weighted by molar-refractivity contribution is 6.02. The number of nitrogens with zero attached hydrogens (tertiary/aromatic N) is 2. The van der Waals surface area contributed by atoms with Crippen molar-refractivity contribution in [2.45, 2.75) is 89.9 Å². The molecule has 0 aromatic heterocycles. The van der Waals surface area contributed by atoms with Crippen LogP contribution in [-0.4, -0.2) is 58.1 Å². The average molecular weight is 521 g/mol. The van der Waals surface area contributed by atoms with Crippen LogP contribution in [-0.2, 0) is 28.7 Å². The molecular formula is C30H36N2O6. The van der Waals surface area contributed by atoms with Crippen molar-refractivity contribution in [2.24, 2.45) is 70.0 Å². The maximum atomic E-state index is 13.1. The summed E-state index contributed by atoms with van der Waals surface area (Å²) in [5.41, 5.74) is -0.479. The van der Waals surface area contributed by atoms with Crippen molar-refractivity contribution in [3.05, 3.63) is 0 Å². The third-order valence-corrected chi connectivity index (χ3v) is 14.5. The van der Waals surface area contributed by atoms with Gasteiger partial charge in [0.2, 0.25) is 23.6 Å². The van der Waals surface area contributed by atoms with Crippen molar-refractivity contribution in [3.63, 3.8) is 0 Å². The summed E-state index contributed by atoms with van der Waals surface area (Å²) < 4.78 is 14.0.